The van der Waals surface area contributed by atoms with Crippen molar-refractivity contribution >= 4 is 5.91 Å². The lowest BCUT2D eigenvalue weighted by Crippen LogP contribution is -2.40. The first kappa shape index (κ1) is 17.2. The van der Waals surface area contributed by atoms with Crippen molar-refractivity contribution in [3.8, 4) is 11.5 Å². The van der Waals surface area contributed by atoms with Gasteiger partial charge in [0.1, 0.15) is 5.69 Å². The minimum atomic E-state index is -0.175. The van der Waals surface area contributed by atoms with Crippen molar-refractivity contribution in [1.29, 1.82) is 0 Å². The Morgan fingerprint density at radius 3 is 2.44 bits per heavy atom. The molecular formula is C22H22N2O3. The third kappa shape index (κ3) is 3.05. The standard InChI is InChI=1S/C22H22N2O3/c1-26-19-13-16-10-12-24(22(25)18-9-6-11-23-18)21(15-7-4-3-5-8-15)17(16)14-20(19)27-2/h3-9,11,13-14,21,23H,10,12H2,1-2H3/t21-/m0/s1. The highest BCUT2D eigenvalue weighted by Gasteiger charge is 2.34. The first-order valence-corrected chi connectivity index (χ1v) is 8.97. The van der Waals surface area contributed by atoms with Crippen molar-refractivity contribution in [1.82, 2.24) is 9.88 Å². The Bertz CT molecular complexity index is 936. The fraction of sp³-hybridized carbons (Fsp3) is 0.227. The van der Waals surface area contributed by atoms with Crippen LogP contribution in [-0.4, -0.2) is 36.6 Å². The summed E-state index contributed by atoms with van der Waals surface area (Å²) in [5, 5.41) is 0. The van der Waals surface area contributed by atoms with Crippen LogP contribution >= 0.6 is 0 Å². The molecule has 0 saturated carbocycles. The van der Waals surface area contributed by atoms with E-state index in [0.717, 1.165) is 17.5 Å². The van der Waals surface area contributed by atoms with Gasteiger partial charge in [-0.1, -0.05) is 30.3 Å². The number of methoxy groups -OCH3 is 2. The summed E-state index contributed by atoms with van der Waals surface area (Å²) < 4.78 is 11.0. The summed E-state index contributed by atoms with van der Waals surface area (Å²) in [7, 11) is 3.27. The molecule has 27 heavy (non-hydrogen) atoms. The monoisotopic (exact) mass is 362 g/mol. The highest BCUT2D eigenvalue weighted by molar-refractivity contribution is 5.93. The van der Waals surface area contributed by atoms with E-state index in [1.54, 1.807) is 20.4 Å². The number of nitrogens with zero attached hydrogens (tertiary/aromatic N) is 1. The Kier molecular flexibility index (Phi) is 4.59. The molecule has 0 radical (unpaired) electrons. The first-order chi connectivity index (χ1) is 13.2. The second kappa shape index (κ2) is 7.19. The molecule has 0 unspecified atom stereocenters. The van der Waals surface area contributed by atoms with Gasteiger partial charge in [-0.15, -0.1) is 0 Å². The summed E-state index contributed by atoms with van der Waals surface area (Å²) in [6.45, 7) is 0.639. The van der Waals surface area contributed by atoms with Crippen LogP contribution in [0.5, 0.6) is 11.5 Å². The molecule has 1 N–H and O–H groups in total. The van der Waals surface area contributed by atoms with E-state index in [4.69, 9.17) is 9.47 Å². The van der Waals surface area contributed by atoms with Crippen LogP contribution in [0.25, 0.3) is 0 Å². The molecule has 0 bridgehead atoms. The largest absolute Gasteiger partial charge is 0.493 e. The summed E-state index contributed by atoms with van der Waals surface area (Å²) in [4.78, 5) is 18.1. The Hall–Kier alpha value is -3.21. The van der Waals surface area contributed by atoms with Crippen LogP contribution in [0, 0.1) is 0 Å². The zero-order chi connectivity index (χ0) is 18.8. The Morgan fingerprint density at radius 2 is 1.78 bits per heavy atom. The van der Waals surface area contributed by atoms with Crippen LogP contribution in [0.1, 0.15) is 33.2 Å². The van der Waals surface area contributed by atoms with Crippen LogP contribution in [0.3, 0.4) is 0 Å². The SMILES string of the molecule is COc1cc2c(cc1OC)[C@H](c1ccccc1)N(C(=O)c1ccc[nH]1)CC2. The number of aromatic nitrogens is 1. The minimum Gasteiger partial charge on any atom is -0.493 e. The summed E-state index contributed by atoms with van der Waals surface area (Å²) in [6, 6.07) is 17.6. The van der Waals surface area contributed by atoms with Crippen molar-refractivity contribution in [2.45, 2.75) is 12.5 Å². The van der Waals surface area contributed by atoms with Gasteiger partial charge >= 0.3 is 0 Å². The normalized spacial score (nSPS) is 15.9. The first-order valence-electron chi connectivity index (χ1n) is 8.97. The zero-order valence-corrected chi connectivity index (χ0v) is 15.4. The molecule has 138 valence electrons. The number of benzene rings is 2. The zero-order valence-electron chi connectivity index (χ0n) is 15.4. The van der Waals surface area contributed by atoms with E-state index in [0.29, 0.717) is 23.7 Å². The number of H-pyrrole nitrogens is 1. The highest BCUT2D eigenvalue weighted by Crippen LogP contribution is 2.41. The van der Waals surface area contributed by atoms with Gasteiger partial charge in [-0.3, -0.25) is 4.79 Å². The summed E-state index contributed by atoms with van der Waals surface area (Å²) in [5.74, 6) is 1.38. The third-order valence-electron chi connectivity index (χ3n) is 5.08. The smallest absolute Gasteiger partial charge is 0.271 e. The summed E-state index contributed by atoms with van der Waals surface area (Å²) >= 11 is 0. The van der Waals surface area contributed by atoms with Gasteiger partial charge in [0.2, 0.25) is 0 Å². The number of rotatable bonds is 4. The van der Waals surface area contributed by atoms with E-state index in [1.165, 1.54) is 5.56 Å². The fourth-order valence-corrected chi connectivity index (χ4v) is 3.78. The van der Waals surface area contributed by atoms with Gasteiger partial charge in [-0.2, -0.15) is 0 Å². The van der Waals surface area contributed by atoms with Gasteiger partial charge in [0.25, 0.3) is 5.91 Å². The molecule has 5 heteroatoms. The number of carbonyl (C=O) groups is 1. The molecular weight excluding hydrogens is 340 g/mol. The molecule has 0 spiro atoms. The quantitative estimate of drug-likeness (QED) is 0.768. The highest BCUT2D eigenvalue weighted by atomic mass is 16.5. The lowest BCUT2D eigenvalue weighted by atomic mass is 9.87. The predicted molar refractivity (Wildman–Crippen MR) is 103 cm³/mol. The number of nitrogens with one attached hydrogen (secondary N) is 1. The molecule has 1 atom stereocenters. The molecule has 1 aliphatic heterocycles. The van der Waals surface area contributed by atoms with Gasteiger partial charge in [-0.05, 0) is 47.4 Å². The number of aromatic amines is 1. The molecule has 3 aromatic rings. The molecule has 4 rings (SSSR count). The molecule has 1 aromatic heterocycles. The topological polar surface area (TPSA) is 54.6 Å². The van der Waals surface area contributed by atoms with Gasteiger partial charge < -0.3 is 19.4 Å². The molecule has 2 aromatic carbocycles. The number of amides is 1. The minimum absolute atomic E-state index is 0.00529. The third-order valence-corrected chi connectivity index (χ3v) is 5.08. The van der Waals surface area contributed by atoms with E-state index in [9.17, 15) is 4.79 Å². The van der Waals surface area contributed by atoms with E-state index >= 15 is 0 Å². The number of ether oxygens (including phenoxy) is 2. The van der Waals surface area contributed by atoms with E-state index in [1.807, 2.05) is 47.4 Å². The van der Waals surface area contributed by atoms with Gasteiger partial charge in [-0.25, -0.2) is 0 Å². The second-order valence-corrected chi connectivity index (χ2v) is 6.55. The average Bonchev–Trinajstić information content (AvgIpc) is 3.26. The van der Waals surface area contributed by atoms with Gasteiger partial charge in [0, 0.05) is 12.7 Å². The van der Waals surface area contributed by atoms with Crippen LogP contribution < -0.4 is 9.47 Å². The van der Waals surface area contributed by atoms with E-state index < -0.39 is 0 Å². The van der Waals surface area contributed by atoms with Crippen LogP contribution in [0.4, 0.5) is 0 Å². The Labute approximate surface area is 158 Å². The maximum Gasteiger partial charge on any atom is 0.271 e. The number of hydrogen-bond acceptors (Lipinski definition) is 3. The molecule has 1 aliphatic rings. The molecule has 1 amide bonds. The van der Waals surface area contributed by atoms with Gasteiger partial charge in [0.15, 0.2) is 11.5 Å². The van der Waals surface area contributed by atoms with E-state index in [-0.39, 0.29) is 11.9 Å². The lowest BCUT2D eigenvalue weighted by molar-refractivity contribution is 0.0689. The number of fused-ring (bicyclic) bond motifs is 1. The van der Waals surface area contributed by atoms with E-state index in [2.05, 4.69) is 17.1 Å². The summed E-state index contributed by atoms with van der Waals surface area (Å²) in [6.07, 6.45) is 2.54. The van der Waals surface area contributed by atoms with Crippen LogP contribution in [0.15, 0.2) is 60.8 Å². The number of hydrogen-bond donors (Lipinski definition) is 1. The molecule has 0 saturated heterocycles. The molecule has 5 nitrogen and oxygen atoms in total. The average molecular weight is 362 g/mol. The van der Waals surface area contributed by atoms with Crippen molar-refractivity contribution in [2.75, 3.05) is 20.8 Å². The van der Waals surface area contributed by atoms with Crippen LogP contribution in [-0.2, 0) is 6.42 Å². The lowest BCUT2D eigenvalue weighted by Gasteiger charge is -2.38. The molecule has 0 aliphatic carbocycles. The van der Waals surface area contributed by atoms with Crippen molar-refractivity contribution in [3.63, 3.8) is 0 Å². The predicted octanol–water partition coefficient (Wildman–Crippen LogP) is 3.82. The maximum absolute atomic E-state index is 13.2. The Morgan fingerprint density at radius 1 is 1.04 bits per heavy atom. The fourth-order valence-electron chi connectivity index (χ4n) is 3.78. The molecule has 0 fully saturated rings. The second-order valence-electron chi connectivity index (χ2n) is 6.55. The summed E-state index contributed by atoms with van der Waals surface area (Å²) in [5.41, 5.74) is 3.92. The molecule has 2 heterocycles. The number of carbonyl (C=O) groups excluding carboxylic acids is 1. The van der Waals surface area contributed by atoms with Crippen LogP contribution in [0.2, 0.25) is 0 Å². The van der Waals surface area contributed by atoms with Gasteiger partial charge in [0.05, 0.1) is 20.3 Å². The maximum atomic E-state index is 13.2. The van der Waals surface area contributed by atoms with Crippen molar-refractivity contribution in [2.24, 2.45) is 0 Å². The van der Waals surface area contributed by atoms with Crippen molar-refractivity contribution < 1.29 is 14.3 Å². The Balaban J connectivity index is 1.85. The van der Waals surface area contributed by atoms with Crippen molar-refractivity contribution in [3.05, 3.63) is 83.2 Å².